The van der Waals surface area contributed by atoms with Gasteiger partial charge in [-0.3, -0.25) is 0 Å². The van der Waals surface area contributed by atoms with Gasteiger partial charge in [-0.25, -0.2) is 0 Å². The molecule has 0 fully saturated rings. The van der Waals surface area contributed by atoms with E-state index in [4.69, 9.17) is 10.3 Å². The van der Waals surface area contributed by atoms with Crippen LogP contribution in [-0.4, -0.2) is 15.7 Å². The van der Waals surface area contributed by atoms with Gasteiger partial charge in [0.15, 0.2) is 5.82 Å². The molecule has 3 rings (SSSR count). The van der Waals surface area contributed by atoms with Crippen LogP contribution in [0.4, 0.5) is 0 Å². The van der Waals surface area contributed by atoms with Gasteiger partial charge in [0.2, 0.25) is 5.89 Å². The van der Waals surface area contributed by atoms with Crippen molar-refractivity contribution in [1.29, 1.82) is 0 Å². The molecule has 1 aliphatic carbocycles. The van der Waals surface area contributed by atoms with Gasteiger partial charge in [-0.15, -0.1) is 0 Å². The van der Waals surface area contributed by atoms with E-state index in [1.807, 2.05) is 13.8 Å². The molecule has 100 valence electrons. The first kappa shape index (κ1) is 12.4. The lowest BCUT2D eigenvalue weighted by Gasteiger charge is -2.14. The topological polar surface area (TPSA) is 64.9 Å². The smallest absolute Gasteiger partial charge is 0.228 e. The van der Waals surface area contributed by atoms with Crippen LogP contribution in [-0.2, 0) is 19.3 Å². The standard InChI is InChI=1S/C15H19N3O/c1-15(2,16)9-13-17-14(18-19-13)12-7-10-5-3-4-6-11(10)8-12/h3-6,12H,7-9,16H2,1-2H3. The van der Waals surface area contributed by atoms with Crippen molar-refractivity contribution >= 4 is 0 Å². The number of fused-ring (bicyclic) bond motifs is 1. The normalized spacial score (nSPS) is 15.7. The Labute approximate surface area is 113 Å². The van der Waals surface area contributed by atoms with Crippen molar-refractivity contribution in [2.24, 2.45) is 5.73 Å². The molecule has 0 aliphatic heterocycles. The van der Waals surface area contributed by atoms with E-state index in [2.05, 4.69) is 34.4 Å². The summed E-state index contributed by atoms with van der Waals surface area (Å²) in [5.74, 6) is 1.80. The minimum absolute atomic E-state index is 0.317. The van der Waals surface area contributed by atoms with Gasteiger partial charge in [-0.05, 0) is 37.8 Å². The minimum atomic E-state index is -0.317. The van der Waals surface area contributed by atoms with Crippen molar-refractivity contribution in [2.45, 2.75) is 44.6 Å². The van der Waals surface area contributed by atoms with Gasteiger partial charge in [0, 0.05) is 17.9 Å². The van der Waals surface area contributed by atoms with Gasteiger partial charge < -0.3 is 10.3 Å². The molecule has 2 N–H and O–H groups in total. The van der Waals surface area contributed by atoms with Crippen molar-refractivity contribution < 1.29 is 4.52 Å². The van der Waals surface area contributed by atoms with Gasteiger partial charge in [0.25, 0.3) is 0 Å². The van der Waals surface area contributed by atoms with Crippen LogP contribution < -0.4 is 5.73 Å². The van der Waals surface area contributed by atoms with Crippen molar-refractivity contribution in [1.82, 2.24) is 10.1 Å². The van der Waals surface area contributed by atoms with Gasteiger partial charge in [0.1, 0.15) is 0 Å². The fourth-order valence-corrected chi connectivity index (χ4v) is 2.64. The summed E-state index contributed by atoms with van der Waals surface area (Å²) in [6.07, 6.45) is 2.61. The number of benzene rings is 1. The summed E-state index contributed by atoms with van der Waals surface area (Å²) in [5.41, 5.74) is 8.46. The first-order chi connectivity index (χ1) is 9.01. The van der Waals surface area contributed by atoms with Crippen LogP contribution in [0.3, 0.4) is 0 Å². The third-order valence-corrected chi connectivity index (χ3v) is 3.51. The number of hydrogen-bond donors (Lipinski definition) is 1. The molecule has 0 unspecified atom stereocenters. The van der Waals surface area contributed by atoms with Crippen LogP contribution in [0.1, 0.15) is 42.6 Å². The molecule has 1 aromatic heterocycles. The Morgan fingerprint density at radius 2 is 1.89 bits per heavy atom. The highest BCUT2D eigenvalue weighted by atomic mass is 16.5. The summed E-state index contributed by atoms with van der Waals surface area (Å²) < 4.78 is 5.31. The zero-order valence-electron chi connectivity index (χ0n) is 11.4. The zero-order chi connectivity index (χ0) is 13.5. The van der Waals surface area contributed by atoms with E-state index in [-0.39, 0.29) is 5.54 Å². The molecule has 0 spiro atoms. The third-order valence-electron chi connectivity index (χ3n) is 3.51. The Morgan fingerprint density at radius 1 is 1.26 bits per heavy atom. The molecule has 1 aromatic carbocycles. The Morgan fingerprint density at radius 3 is 2.47 bits per heavy atom. The largest absolute Gasteiger partial charge is 0.339 e. The van der Waals surface area contributed by atoms with Crippen LogP contribution in [0, 0.1) is 0 Å². The Kier molecular flexibility index (Phi) is 2.90. The molecule has 0 saturated carbocycles. The van der Waals surface area contributed by atoms with Crippen LogP contribution in [0.5, 0.6) is 0 Å². The van der Waals surface area contributed by atoms with E-state index in [9.17, 15) is 0 Å². The highest BCUT2D eigenvalue weighted by Crippen LogP contribution is 2.32. The first-order valence-corrected chi connectivity index (χ1v) is 6.69. The van der Waals surface area contributed by atoms with Crippen molar-refractivity contribution in [3.8, 4) is 0 Å². The minimum Gasteiger partial charge on any atom is -0.339 e. The van der Waals surface area contributed by atoms with E-state index >= 15 is 0 Å². The van der Waals surface area contributed by atoms with Crippen molar-refractivity contribution in [3.63, 3.8) is 0 Å². The lowest BCUT2D eigenvalue weighted by atomic mass is 10.0. The molecule has 0 atom stereocenters. The molecule has 19 heavy (non-hydrogen) atoms. The monoisotopic (exact) mass is 257 g/mol. The Balaban J connectivity index is 1.75. The lowest BCUT2D eigenvalue weighted by Crippen LogP contribution is -2.34. The second kappa shape index (κ2) is 4.46. The predicted octanol–water partition coefficient (Wildman–Crippen LogP) is 2.23. The van der Waals surface area contributed by atoms with Gasteiger partial charge in [-0.1, -0.05) is 29.4 Å². The van der Waals surface area contributed by atoms with Gasteiger partial charge >= 0.3 is 0 Å². The maximum atomic E-state index is 5.97. The average Bonchev–Trinajstić information content (AvgIpc) is 2.91. The summed E-state index contributed by atoms with van der Waals surface area (Å²) in [6, 6.07) is 8.53. The van der Waals surface area contributed by atoms with Crippen molar-refractivity contribution in [3.05, 3.63) is 47.1 Å². The second-order valence-electron chi connectivity index (χ2n) is 6.09. The quantitative estimate of drug-likeness (QED) is 0.915. The molecule has 1 aliphatic rings. The average molecular weight is 257 g/mol. The summed E-state index contributed by atoms with van der Waals surface area (Å²) in [5, 5.41) is 4.12. The van der Waals surface area contributed by atoms with Crippen LogP contribution in [0.2, 0.25) is 0 Å². The molecule has 0 radical (unpaired) electrons. The third kappa shape index (κ3) is 2.68. The van der Waals surface area contributed by atoms with Crippen LogP contribution in [0.15, 0.2) is 28.8 Å². The SMILES string of the molecule is CC(C)(N)Cc1nc(C2Cc3ccccc3C2)no1. The van der Waals surface area contributed by atoms with E-state index in [0.717, 1.165) is 18.7 Å². The number of aromatic nitrogens is 2. The van der Waals surface area contributed by atoms with E-state index in [0.29, 0.717) is 18.2 Å². The molecule has 2 aromatic rings. The van der Waals surface area contributed by atoms with E-state index < -0.39 is 0 Å². The Bertz CT molecular complexity index is 558. The maximum Gasteiger partial charge on any atom is 0.228 e. The summed E-state index contributed by atoms with van der Waals surface area (Å²) >= 11 is 0. The van der Waals surface area contributed by atoms with E-state index in [1.54, 1.807) is 0 Å². The van der Waals surface area contributed by atoms with E-state index in [1.165, 1.54) is 11.1 Å². The molecule has 4 nitrogen and oxygen atoms in total. The molecule has 0 saturated heterocycles. The second-order valence-corrected chi connectivity index (χ2v) is 6.09. The highest BCUT2D eigenvalue weighted by molar-refractivity contribution is 5.34. The zero-order valence-corrected chi connectivity index (χ0v) is 11.4. The Hall–Kier alpha value is -1.68. The van der Waals surface area contributed by atoms with Gasteiger partial charge in [0.05, 0.1) is 0 Å². The number of hydrogen-bond acceptors (Lipinski definition) is 4. The first-order valence-electron chi connectivity index (χ1n) is 6.69. The fraction of sp³-hybridized carbons (Fsp3) is 0.467. The molecule has 4 heteroatoms. The van der Waals surface area contributed by atoms with Gasteiger partial charge in [-0.2, -0.15) is 4.98 Å². The number of rotatable bonds is 3. The molecule has 1 heterocycles. The predicted molar refractivity (Wildman–Crippen MR) is 72.9 cm³/mol. The molecular weight excluding hydrogens is 238 g/mol. The summed E-state index contributed by atoms with van der Waals surface area (Å²) in [7, 11) is 0. The number of nitrogens with two attached hydrogens (primary N) is 1. The summed E-state index contributed by atoms with van der Waals surface area (Å²) in [6.45, 7) is 3.92. The molecule has 0 amide bonds. The highest BCUT2D eigenvalue weighted by Gasteiger charge is 2.27. The summed E-state index contributed by atoms with van der Waals surface area (Å²) in [4.78, 5) is 4.50. The molecular formula is C15H19N3O. The molecule has 0 bridgehead atoms. The van der Waals surface area contributed by atoms with Crippen molar-refractivity contribution in [2.75, 3.05) is 0 Å². The van der Waals surface area contributed by atoms with Crippen LogP contribution in [0.25, 0.3) is 0 Å². The number of nitrogens with zero attached hydrogens (tertiary/aromatic N) is 2. The lowest BCUT2D eigenvalue weighted by molar-refractivity contribution is 0.343. The van der Waals surface area contributed by atoms with Crippen LogP contribution >= 0.6 is 0 Å². The maximum absolute atomic E-state index is 5.97. The fourth-order valence-electron chi connectivity index (χ4n) is 2.64.